The van der Waals surface area contributed by atoms with Gasteiger partial charge in [-0.05, 0) is 12.0 Å². The van der Waals surface area contributed by atoms with Crippen molar-refractivity contribution in [2.24, 2.45) is 10.9 Å². The number of benzene rings is 1. The van der Waals surface area contributed by atoms with Gasteiger partial charge in [-0.2, -0.15) is 0 Å². The van der Waals surface area contributed by atoms with Crippen molar-refractivity contribution in [2.75, 3.05) is 66.7 Å². The lowest BCUT2D eigenvalue weighted by Crippen LogP contribution is -2.47. The lowest BCUT2D eigenvalue weighted by Gasteiger charge is -2.36. The van der Waals surface area contributed by atoms with Crippen LogP contribution < -0.4 is 5.32 Å². The minimum atomic E-state index is 0. The lowest BCUT2D eigenvalue weighted by molar-refractivity contribution is 0.0169. The number of nitrogens with one attached hydrogen (secondary N) is 1. The molecule has 0 saturated carbocycles. The predicted octanol–water partition coefficient (Wildman–Crippen LogP) is 2.22. The van der Waals surface area contributed by atoms with E-state index in [0.29, 0.717) is 12.0 Å². The van der Waals surface area contributed by atoms with Crippen LogP contribution in [0.1, 0.15) is 18.0 Å². The summed E-state index contributed by atoms with van der Waals surface area (Å²) in [5.41, 5.74) is 1.34. The van der Waals surface area contributed by atoms with Crippen LogP contribution in [0.5, 0.6) is 0 Å². The molecule has 27 heavy (non-hydrogen) atoms. The molecule has 2 atom stereocenters. The average Bonchev–Trinajstić information content (AvgIpc) is 3.19. The van der Waals surface area contributed by atoms with Crippen molar-refractivity contribution in [2.45, 2.75) is 12.5 Å². The zero-order chi connectivity index (χ0) is 18.2. The van der Waals surface area contributed by atoms with Crippen LogP contribution in [-0.4, -0.2) is 82.5 Å². The molecular formula is C20H33IN4O2. The Balaban J connectivity index is 0.00000261. The van der Waals surface area contributed by atoms with Gasteiger partial charge in [0.15, 0.2) is 5.96 Å². The molecule has 2 unspecified atom stereocenters. The van der Waals surface area contributed by atoms with Gasteiger partial charge in [-0.15, -0.1) is 24.0 Å². The van der Waals surface area contributed by atoms with Crippen LogP contribution in [0, 0.1) is 5.92 Å². The summed E-state index contributed by atoms with van der Waals surface area (Å²) in [6.07, 6.45) is 1.14. The Kier molecular flexibility index (Phi) is 9.81. The summed E-state index contributed by atoms with van der Waals surface area (Å²) in [7, 11) is 3.97. The minimum absolute atomic E-state index is 0. The van der Waals surface area contributed by atoms with Crippen LogP contribution in [0.3, 0.4) is 0 Å². The summed E-state index contributed by atoms with van der Waals surface area (Å²) < 4.78 is 11.0. The summed E-state index contributed by atoms with van der Waals surface area (Å²) in [4.78, 5) is 9.22. The highest BCUT2D eigenvalue weighted by molar-refractivity contribution is 14.0. The highest BCUT2D eigenvalue weighted by Crippen LogP contribution is 2.21. The third-order valence-electron chi connectivity index (χ3n) is 5.25. The molecule has 1 N–H and O–H groups in total. The fourth-order valence-corrected chi connectivity index (χ4v) is 3.80. The molecule has 2 saturated heterocycles. The standard InChI is InChI=1S/C20H32N4O2.HI/c1-21-20(23(2)15-17-8-11-26-16-17)22-14-19(18-6-4-3-5-7-18)24-9-12-25-13-10-24;/h3-7,17,19H,8-16H2,1-2H3,(H,21,22);1H. The largest absolute Gasteiger partial charge is 0.381 e. The van der Waals surface area contributed by atoms with Gasteiger partial charge in [0.25, 0.3) is 0 Å². The zero-order valence-electron chi connectivity index (χ0n) is 16.5. The van der Waals surface area contributed by atoms with Gasteiger partial charge in [0.1, 0.15) is 0 Å². The molecule has 0 aliphatic carbocycles. The first-order chi connectivity index (χ1) is 12.8. The molecule has 0 radical (unpaired) electrons. The summed E-state index contributed by atoms with van der Waals surface area (Å²) in [5.74, 6) is 1.55. The van der Waals surface area contributed by atoms with Crippen LogP contribution >= 0.6 is 24.0 Å². The smallest absolute Gasteiger partial charge is 0.193 e. The molecule has 3 rings (SSSR count). The summed E-state index contributed by atoms with van der Waals surface area (Å²) in [6, 6.07) is 11.0. The Hall–Kier alpha value is -0.900. The fraction of sp³-hybridized carbons (Fsp3) is 0.650. The van der Waals surface area contributed by atoms with Crippen molar-refractivity contribution in [3.05, 3.63) is 35.9 Å². The molecule has 2 fully saturated rings. The van der Waals surface area contributed by atoms with E-state index in [0.717, 1.165) is 65.0 Å². The quantitative estimate of drug-likeness (QED) is 0.378. The van der Waals surface area contributed by atoms with E-state index >= 15 is 0 Å². The van der Waals surface area contributed by atoms with Crippen molar-refractivity contribution in [3.63, 3.8) is 0 Å². The van der Waals surface area contributed by atoms with Gasteiger partial charge in [0, 0.05) is 52.8 Å². The molecular weight excluding hydrogens is 455 g/mol. The first-order valence-electron chi connectivity index (χ1n) is 9.64. The third-order valence-corrected chi connectivity index (χ3v) is 5.25. The number of ether oxygens (including phenoxy) is 2. The summed E-state index contributed by atoms with van der Waals surface area (Å²) in [5, 5.41) is 3.59. The van der Waals surface area contributed by atoms with Gasteiger partial charge in [-0.1, -0.05) is 30.3 Å². The Morgan fingerprint density at radius 3 is 2.59 bits per heavy atom. The van der Waals surface area contributed by atoms with Gasteiger partial charge < -0.3 is 19.7 Å². The number of halogens is 1. The monoisotopic (exact) mass is 488 g/mol. The van der Waals surface area contributed by atoms with E-state index in [2.05, 4.69) is 57.5 Å². The fourth-order valence-electron chi connectivity index (χ4n) is 3.80. The number of morpholine rings is 1. The Morgan fingerprint density at radius 1 is 1.22 bits per heavy atom. The molecule has 2 heterocycles. The second-order valence-corrected chi connectivity index (χ2v) is 7.11. The number of hydrogen-bond donors (Lipinski definition) is 1. The van der Waals surface area contributed by atoms with Crippen LogP contribution in [0.4, 0.5) is 0 Å². The molecule has 2 aliphatic heterocycles. The van der Waals surface area contributed by atoms with E-state index in [1.54, 1.807) is 0 Å². The first-order valence-corrected chi connectivity index (χ1v) is 9.64. The number of nitrogens with zero attached hydrogens (tertiary/aromatic N) is 3. The second-order valence-electron chi connectivity index (χ2n) is 7.11. The maximum atomic E-state index is 5.54. The molecule has 7 heteroatoms. The van der Waals surface area contributed by atoms with Gasteiger partial charge in [-0.3, -0.25) is 9.89 Å². The highest BCUT2D eigenvalue weighted by Gasteiger charge is 2.24. The van der Waals surface area contributed by atoms with Gasteiger partial charge >= 0.3 is 0 Å². The van der Waals surface area contributed by atoms with Crippen molar-refractivity contribution >= 4 is 29.9 Å². The topological polar surface area (TPSA) is 49.3 Å². The highest BCUT2D eigenvalue weighted by atomic mass is 127. The summed E-state index contributed by atoms with van der Waals surface area (Å²) >= 11 is 0. The van der Waals surface area contributed by atoms with Gasteiger partial charge in [0.05, 0.1) is 25.9 Å². The van der Waals surface area contributed by atoms with E-state index in [1.807, 2.05) is 7.05 Å². The van der Waals surface area contributed by atoms with Crippen LogP contribution in [0.2, 0.25) is 0 Å². The van der Waals surface area contributed by atoms with Gasteiger partial charge in [-0.25, -0.2) is 0 Å². The predicted molar refractivity (Wildman–Crippen MR) is 120 cm³/mol. The molecule has 152 valence electrons. The van der Waals surface area contributed by atoms with Crippen molar-refractivity contribution < 1.29 is 9.47 Å². The maximum Gasteiger partial charge on any atom is 0.193 e. The van der Waals surface area contributed by atoms with Crippen molar-refractivity contribution in [3.8, 4) is 0 Å². The third kappa shape index (κ3) is 6.58. The number of rotatable bonds is 6. The van der Waals surface area contributed by atoms with E-state index in [1.165, 1.54) is 5.56 Å². The lowest BCUT2D eigenvalue weighted by atomic mass is 10.0. The SMILES string of the molecule is CN=C(NCC(c1ccccc1)N1CCOCC1)N(C)CC1CCOC1.I. The molecule has 0 amide bonds. The Morgan fingerprint density at radius 2 is 1.96 bits per heavy atom. The molecule has 6 nitrogen and oxygen atoms in total. The Labute approximate surface area is 180 Å². The molecule has 1 aromatic rings. The van der Waals surface area contributed by atoms with Crippen LogP contribution in [0.15, 0.2) is 35.3 Å². The van der Waals surface area contributed by atoms with Crippen LogP contribution in [-0.2, 0) is 9.47 Å². The summed E-state index contributed by atoms with van der Waals surface area (Å²) in [6.45, 7) is 7.11. The Bertz CT molecular complexity index is 560. The maximum absolute atomic E-state index is 5.54. The normalized spacial score (nSPS) is 22.1. The number of hydrogen-bond acceptors (Lipinski definition) is 4. The molecule has 0 spiro atoms. The van der Waals surface area contributed by atoms with E-state index in [4.69, 9.17) is 9.47 Å². The minimum Gasteiger partial charge on any atom is -0.381 e. The van der Waals surface area contributed by atoms with Crippen molar-refractivity contribution in [1.82, 2.24) is 15.1 Å². The molecule has 2 aliphatic rings. The van der Waals surface area contributed by atoms with Gasteiger partial charge in [0.2, 0.25) is 0 Å². The average molecular weight is 488 g/mol. The van der Waals surface area contributed by atoms with Crippen molar-refractivity contribution in [1.29, 1.82) is 0 Å². The second kappa shape index (κ2) is 11.8. The van der Waals surface area contributed by atoms with E-state index in [9.17, 15) is 0 Å². The first kappa shape index (κ1) is 22.4. The van der Waals surface area contributed by atoms with E-state index in [-0.39, 0.29) is 24.0 Å². The molecule has 1 aromatic carbocycles. The molecule has 0 aromatic heterocycles. The zero-order valence-corrected chi connectivity index (χ0v) is 18.8. The number of guanidine groups is 1. The van der Waals surface area contributed by atoms with Crippen LogP contribution in [0.25, 0.3) is 0 Å². The number of aliphatic imine (C=N–C) groups is 1. The molecule has 0 bridgehead atoms. The van der Waals surface area contributed by atoms with E-state index < -0.39 is 0 Å².